The molecule has 19 heavy (non-hydrogen) atoms. The van der Waals surface area contributed by atoms with Gasteiger partial charge in [0.1, 0.15) is 5.75 Å². The lowest BCUT2D eigenvalue weighted by Crippen LogP contribution is -2.19. The molecule has 2 aromatic rings. The number of fused-ring (bicyclic) bond motifs is 1. The summed E-state index contributed by atoms with van der Waals surface area (Å²) in [5, 5.41) is 5.04. The summed E-state index contributed by atoms with van der Waals surface area (Å²) >= 11 is 0. The van der Waals surface area contributed by atoms with Gasteiger partial charge in [-0.05, 0) is 16.8 Å². The van der Waals surface area contributed by atoms with Crippen molar-refractivity contribution < 1.29 is 9.53 Å². The van der Waals surface area contributed by atoms with Crippen LogP contribution in [-0.4, -0.2) is 19.6 Å². The van der Waals surface area contributed by atoms with E-state index in [-0.39, 0.29) is 5.91 Å². The van der Waals surface area contributed by atoms with Gasteiger partial charge in [-0.25, -0.2) is 0 Å². The molecule has 0 bridgehead atoms. The van der Waals surface area contributed by atoms with Crippen molar-refractivity contribution in [1.29, 1.82) is 0 Å². The number of methoxy groups -OCH3 is 1. The van der Waals surface area contributed by atoms with Crippen LogP contribution in [0.25, 0.3) is 16.8 Å². The van der Waals surface area contributed by atoms with Crippen LogP contribution < -0.4 is 10.1 Å². The van der Waals surface area contributed by atoms with Gasteiger partial charge < -0.3 is 10.1 Å². The van der Waals surface area contributed by atoms with Crippen LogP contribution in [0.5, 0.6) is 5.75 Å². The molecule has 2 aromatic carbocycles. The van der Waals surface area contributed by atoms with Crippen molar-refractivity contribution in [3.8, 4) is 5.75 Å². The number of amides is 1. The van der Waals surface area contributed by atoms with Crippen molar-refractivity contribution in [1.82, 2.24) is 5.32 Å². The predicted octanol–water partition coefficient (Wildman–Crippen LogP) is 3.00. The third-order valence-corrected chi connectivity index (χ3v) is 2.90. The quantitative estimate of drug-likeness (QED) is 0.912. The molecule has 0 aromatic heterocycles. The van der Waals surface area contributed by atoms with E-state index in [1.807, 2.05) is 36.4 Å². The van der Waals surface area contributed by atoms with Gasteiger partial charge in [0, 0.05) is 19.0 Å². The molecule has 98 valence electrons. The number of hydrogen-bond acceptors (Lipinski definition) is 2. The highest BCUT2D eigenvalue weighted by Crippen LogP contribution is 2.28. The largest absolute Gasteiger partial charge is 0.496 e. The molecule has 0 fully saturated rings. The van der Waals surface area contributed by atoms with E-state index in [0.29, 0.717) is 6.54 Å². The SMILES string of the molecule is COc1ccc2ccccc2c1C=CCNC(C)=O. The maximum absolute atomic E-state index is 10.8. The fourth-order valence-electron chi connectivity index (χ4n) is 2.00. The minimum Gasteiger partial charge on any atom is -0.496 e. The monoisotopic (exact) mass is 255 g/mol. The summed E-state index contributed by atoms with van der Waals surface area (Å²) in [7, 11) is 1.66. The highest BCUT2D eigenvalue weighted by Gasteiger charge is 2.04. The first-order valence-corrected chi connectivity index (χ1v) is 6.19. The standard InChI is InChI=1S/C16H17NO2/c1-12(18)17-11-5-8-15-14-7-4-3-6-13(14)9-10-16(15)19-2/h3-10H,11H2,1-2H3,(H,17,18). The fourth-order valence-corrected chi connectivity index (χ4v) is 2.00. The molecule has 0 spiro atoms. The van der Waals surface area contributed by atoms with Crippen molar-refractivity contribution in [3.05, 3.63) is 48.0 Å². The zero-order valence-corrected chi connectivity index (χ0v) is 11.1. The van der Waals surface area contributed by atoms with Crippen LogP contribution in [0, 0.1) is 0 Å². The lowest BCUT2D eigenvalue weighted by atomic mass is 10.0. The number of nitrogens with one attached hydrogen (secondary N) is 1. The topological polar surface area (TPSA) is 38.3 Å². The Hall–Kier alpha value is -2.29. The first-order chi connectivity index (χ1) is 9.22. The summed E-state index contributed by atoms with van der Waals surface area (Å²) in [5.41, 5.74) is 1.03. The molecule has 3 nitrogen and oxygen atoms in total. The normalized spacial score (nSPS) is 10.8. The Morgan fingerprint density at radius 2 is 2.05 bits per heavy atom. The first kappa shape index (κ1) is 13.1. The van der Waals surface area contributed by atoms with E-state index in [0.717, 1.165) is 16.7 Å². The van der Waals surface area contributed by atoms with E-state index in [1.165, 1.54) is 12.3 Å². The van der Waals surface area contributed by atoms with Crippen LogP contribution in [0.2, 0.25) is 0 Å². The van der Waals surface area contributed by atoms with Gasteiger partial charge >= 0.3 is 0 Å². The minimum absolute atomic E-state index is 0.0328. The lowest BCUT2D eigenvalue weighted by Gasteiger charge is -2.08. The zero-order valence-electron chi connectivity index (χ0n) is 11.1. The van der Waals surface area contributed by atoms with Gasteiger partial charge in [-0.3, -0.25) is 4.79 Å². The molecule has 2 rings (SSSR count). The first-order valence-electron chi connectivity index (χ1n) is 6.19. The van der Waals surface area contributed by atoms with E-state index < -0.39 is 0 Å². The zero-order chi connectivity index (χ0) is 13.7. The Morgan fingerprint density at radius 1 is 1.26 bits per heavy atom. The summed E-state index contributed by atoms with van der Waals surface area (Å²) in [6.07, 6.45) is 3.91. The number of benzene rings is 2. The molecule has 0 aliphatic rings. The Balaban J connectivity index is 2.36. The summed E-state index contributed by atoms with van der Waals surface area (Å²) in [4.78, 5) is 10.8. The summed E-state index contributed by atoms with van der Waals surface area (Å²) in [6.45, 7) is 2.02. The third kappa shape index (κ3) is 3.13. The molecule has 0 aliphatic carbocycles. The van der Waals surface area contributed by atoms with Gasteiger partial charge in [-0.15, -0.1) is 0 Å². The molecule has 0 unspecified atom stereocenters. The van der Waals surface area contributed by atoms with Crippen molar-refractivity contribution in [2.75, 3.05) is 13.7 Å². The van der Waals surface area contributed by atoms with Crippen LogP contribution in [0.1, 0.15) is 12.5 Å². The predicted molar refractivity (Wildman–Crippen MR) is 78.2 cm³/mol. The molecule has 0 heterocycles. The van der Waals surface area contributed by atoms with E-state index >= 15 is 0 Å². The number of hydrogen-bond donors (Lipinski definition) is 1. The van der Waals surface area contributed by atoms with Gasteiger partial charge in [0.25, 0.3) is 0 Å². The number of carbonyl (C=O) groups excluding carboxylic acids is 1. The molecule has 0 saturated heterocycles. The van der Waals surface area contributed by atoms with Crippen molar-refractivity contribution in [2.24, 2.45) is 0 Å². The van der Waals surface area contributed by atoms with Crippen molar-refractivity contribution in [3.63, 3.8) is 0 Å². The molecule has 3 heteroatoms. The highest BCUT2D eigenvalue weighted by molar-refractivity contribution is 5.93. The number of carbonyl (C=O) groups is 1. The number of rotatable bonds is 4. The Kier molecular flexibility index (Phi) is 4.18. The molecule has 1 amide bonds. The number of ether oxygens (including phenoxy) is 1. The van der Waals surface area contributed by atoms with Crippen molar-refractivity contribution in [2.45, 2.75) is 6.92 Å². The highest BCUT2D eigenvalue weighted by atomic mass is 16.5. The van der Waals surface area contributed by atoms with Crippen LogP contribution in [-0.2, 0) is 4.79 Å². The average Bonchev–Trinajstić information content (AvgIpc) is 2.43. The van der Waals surface area contributed by atoms with Gasteiger partial charge in [-0.1, -0.05) is 42.5 Å². The molecule has 0 saturated carbocycles. The van der Waals surface area contributed by atoms with E-state index in [9.17, 15) is 4.79 Å². The maximum Gasteiger partial charge on any atom is 0.217 e. The van der Waals surface area contributed by atoms with E-state index in [1.54, 1.807) is 7.11 Å². The average molecular weight is 255 g/mol. The van der Waals surface area contributed by atoms with Crippen LogP contribution in [0.4, 0.5) is 0 Å². The van der Waals surface area contributed by atoms with E-state index in [2.05, 4.69) is 17.4 Å². The van der Waals surface area contributed by atoms with Crippen LogP contribution in [0.3, 0.4) is 0 Å². The maximum atomic E-state index is 10.8. The second-order valence-corrected chi connectivity index (χ2v) is 4.24. The molecular weight excluding hydrogens is 238 g/mol. The molecule has 1 N–H and O–H groups in total. The van der Waals surface area contributed by atoms with E-state index in [4.69, 9.17) is 4.74 Å². The van der Waals surface area contributed by atoms with Gasteiger partial charge in [-0.2, -0.15) is 0 Å². The lowest BCUT2D eigenvalue weighted by molar-refractivity contribution is -0.118. The smallest absolute Gasteiger partial charge is 0.217 e. The Labute approximate surface area is 112 Å². The molecule has 0 radical (unpaired) electrons. The third-order valence-electron chi connectivity index (χ3n) is 2.90. The molecular formula is C16H17NO2. The Bertz CT molecular complexity index is 617. The van der Waals surface area contributed by atoms with Gasteiger partial charge in [0.05, 0.1) is 7.11 Å². The van der Waals surface area contributed by atoms with Crippen LogP contribution in [0.15, 0.2) is 42.5 Å². The summed E-state index contributed by atoms with van der Waals surface area (Å²) < 4.78 is 5.39. The molecule has 0 aliphatic heterocycles. The summed E-state index contributed by atoms with van der Waals surface area (Å²) in [5.74, 6) is 0.798. The van der Waals surface area contributed by atoms with Gasteiger partial charge in [0.2, 0.25) is 5.91 Å². The van der Waals surface area contributed by atoms with Crippen LogP contribution >= 0.6 is 0 Å². The summed E-state index contributed by atoms with van der Waals surface area (Å²) in [6, 6.07) is 12.2. The minimum atomic E-state index is -0.0328. The van der Waals surface area contributed by atoms with Gasteiger partial charge in [0.15, 0.2) is 0 Å². The molecule has 0 atom stereocenters. The second kappa shape index (κ2) is 6.05. The Morgan fingerprint density at radius 3 is 2.79 bits per heavy atom. The fraction of sp³-hybridized carbons (Fsp3) is 0.188. The second-order valence-electron chi connectivity index (χ2n) is 4.24. The van der Waals surface area contributed by atoms with Crippen molar-refractivity contribution >= 4 is 22.8 Å².